The second-order valence-corrected chi connectivity index (χ2v) is 8.43. The molecule has 0 aliphatic carbocycles. The molecule has 2 aliphatic rings. The highest BCUT2D eigenvalue weighted by atomic mass is 16.5. The average Bonchev–Trinajstić information content (AvgIpc) is 2.86. The van der Waals surface area contributed by atoms with E-state index in [1.807, 2.05) is 6.07 Å². The number of rotatable bonds is 4. The van der Waals surface area contributed by atoms with Gasteiger partial charge in [-0.05, 0) is 55.3 Å². The van der Waals surface area contributed by atoms with Crippen LogP contribution in [0.15, 0.2) is 42.5 Å². The third-order valence-corrected chi connectivity index (χ3v) is 6.16. The minimum absolute atomic E-state index is 0.160. The smallest absolute Gasteiger partial charge is 0.323 e. The van der Waals surface area contributed by atoms with Crippen molar-refractivity contribution >= 4 is 29.3 Å². The molecule has 10 heteroatoms. The Bertz CT molecular complexity index is 1160. The van der Waals surface area contributed by atoms with Crippen LogP contribution in [0.4, 0.5) is 16.2 Å². The summed E-state index contributed by atoms with van der Waals surface area (Å²) in [6.45, 7) is 0.221. The van der Waals surface area contributed by atoms with Crippen molar-refractivity contribution in [3.05, 3.63) is 53.6 Å². The minimum Gasteiger partial charge on any atom is -0.490 e. The first-order chi connectivity index (χ1) is 16.9. The number of nitriles is 1. The zero-order valence-electron chi connectivity index (χ0n) is 19.4. The maximum Gasteiger partial charge on any atom is 0.323 e. The van der Waals surface area contributed by atoms with Gasteiger partial charge in [-0.15, -0.1) is 0 Å². The number of hydrogen-bond donors (Lipinski definition) is 2. The van der Waals surface area contributed by atoms with Gasteiger partial charge in [-0.3, -0.25) is 9.59 Å². The summed E-state index contributed by atoms with van der Waals surface area (Å²) in [5.74, 6) is -0.198. The number of urea groups is 1. The fourth-order valence-electron chi connectivity index (χ4n) is 4.30. The lowest BCUT2D eigenvalue weighted by Crippen LogP contribution is -2.53. The standard InChI is InChI=1S/C25H26N4O6/c1-29-20-9-8-18(12-23(30)33-2)35-22(20)14-34-21-10-7-17(11-19(21)24(29)31)28-25(32)27-16-5-3-15(13-26)4-6-16/h3-7,10-11,18,20,22H,8-9,12,14H2,1-2H3,(H2,27,28,32)/t18-,20-,22-/m0/s1. The number of methoxy groups -OCH3 is 1. The van der Waals surface area contributed by atoms with E-state index in [-0.39, 0.29) is 43.2 Å². The summed E-state index contributed by atoms with van der Waals surface area (Å²) >= 11 is 0. The summed E-state index contributed by atoms with van der Waals surface area (Å²) in [6, 6.07) is 12.6. The molecule has 0 unspecified atom stereocenters. The van der Waals surface area contributed by atoms with Crippen LogP contribution in [0.25, 0.3) is 0 Å². The first kappa shape index (κ1) is 24.0. The minimum atomic E-state index is -0.486. The van der Waals surface area contributed by atoms with Gasteiger partial charge in [-0.25, -0.2) is 4.79 Å². The topological polar surface area (TPSA) is 130 Å². The number of carbonyl (C=O) groups excluding carboxylic acids is 3. The number of anilines is 2. The van der Waals surface area contributed by atoms with Gasteiger partial charge in [0.1, 0.15) is 18.5 Å². The third kappa shape index (κ3) is 5.53. The number of benzene rings is 2. The molecule has 0 bridgehead atoms. The molecule has 3 atom stereocenters. The summed E-state index contributed by atoms with van der Waals surface area (Å²) in [5, 5.41) is 14.3. The molecule has 2 aliphatic heterocycles. The molecule has 4 rings (SSSR count). The maximum absolute atomic E-state index is 13.3. The number of amides is 3. The fraction of sp³-hybridized carbons (Fsp3) is 0.360. The van der Waals surface area contributed by atoms with Crippen LogP contribution in [0.5, 0.6) is 5.75 Å². The molecular formula is C25H26N4O6. The lowest BCUT2D eigenvalue weighted by molar-refractivity contribution is -0.151. The van der Waals surface area contributed by atoms with Crippen molar-refractivity contribution in [3.8, 4) is 11.8 Å². The quantitative estimate of drug-likeness (QED) is 0.646. The largest absolute Gasteiger partial charge is 0.490 e. The third-order valence-electron chi connectivity index (χ3n) is 6.16. The Morgan fingerprint density at radius 2 is 1.86 bits per heavy atom. The van der Waals surface area contributed by atoms with Gasteiger partial charge < -0.3 is 29.7 Å². The molecule has 3 amide bonds. The van der Waals surface area contributed by atoms with Crippen LogP contribution in [0, 0.1) is 11.3 Å². The van der Waals surface area contributed by atoms with E-state index in [0.29, 0.717) is 41.1 Å². The monoisotopic (exact) mass is 478 g/mol. The molecule has 2 aromatic rings. The van der Waals surface area contributed by atoms with Crippen LogP contribution in [-0.4, -0.2) is 61.8 Å². The average molecular weight is 479 g/mol. The van der Waals surface area contributed by atoms with Crippen LogP contribution in [0.1, 0.15) is 35.2 Å². The second-order valence-electron chi connectivity index (χ2n) is 8.43. The Labute approximate surface area is 202 Å². The summed E-state index contributed by atoms with van der Waals surface area (Å²) in [5.41, 5.74) is 1.78. The van der Waals surface area contributed by atoms with E-state index in [1.54, 1.807) is 54.4 Å². The van der Waals surface area contributed by atoms with E-state index < -0.39 is 6.03 Å². The molecule has 2 heterocycles. The zero-order valence-corrected chi connectivity index (χ0v) is 19.4. The van der Waals surface area contributed by atoms with Crippen LogP contribution in [-0.2, 0) is 14.3 Å². The van der Waals surface area contributed by atoms with Gasteiger partial charge >= 0.3 is 12.0 Å². The molecule has 1 fully saturated rings. The normalized spacial score (nSPS) is 21.2. The number of nitrogens with one attached hydrogen (secondary N) is 2. The predicted octanol–water partition coefficient (Wildman–Crippen LogP) is 3.15. The lowest BCUT2D eigenvalue weighted by Gasteiger charge is -2.42. The fourth-order valence-corrected chi connectivity index (χ4v) is 4.30. The van der Waals surface area contributed by atoms with Gasteiger partial charge in [0.05, 0.1) is 42.9 Å². The first-order valence-electron chi connectivity index (χ1n) is 11.2. The molecule has 1 saturated heterocycles. The number of esters is 1. The van der Waals surface area contributed by atoms with Crippen LogP contribution < -0.4 is 15.4 Å². The molecule has 35 heavy (non-hydrogen) atoms. The number of hydrogen-bond acceptors (Lipinski definition) is 7. The number of ether oxygens (including phenoxy) is 3. The molecule has 0 aromatic heterocycles. The van der Waals surface area contributed by atoms with Gasteiger partial charge in [0.25, 0.3) is 5.91 Å². The molecule has 2 aromatic carbocycles. The Kier molecular flexibility index (Phi) is 7.17. The van der Waals surface area contributed by atoms with Crippen molar-refractivity contribution in [3.63, 3.8) is 0 Å². The van der Waals surface area contributed by atoms with Crippen LogP contribution in [0.2, 0.25) is 0 Å². The van der Waals surface area contributed by atoms with Crippen molar-refractivity contribution < 1.29 is 28.6 Å². The van der Waals surface area contributed by atoms with E-state index in [4.69, 9.17) is 19.5 Å². The highest BCUT2D eigenvalue weighted by Gasteiger charge is 2.39. The Morgan fingerprint density at radius 1 is 1.14 bits per heavy atom. The summed E-state index contributed by atoms with van der Waals surface area (Å²) in [6.07, 6.45) is 0.788. The lowest BCUT2D eigenvalue weighted by atomic mass is 9.94. The van der Waals surface area contributed by atoms with E-state index in [9.17, 15) is 14.4 Å². The summed E-state index contributed by atoms with van der Waals surface area (Å²) < 4.78 is 16.7. The second kappa shape index (κ2) is 10.4. The van der Waals surface area contributed by atoms with Crippen molar-refractivity contribution in [2.45, 2.75) is 37.5 Å². The number of nitrogens with zero attached hydrogens (tertiary/aromatic N) is 2. The van der Waals surface area contributed by atoms with Crippen molar-refractivity contribution in [1.29, 1.82) is 5.26 Å². The maximum atomic E-state index is 13.3. The molecule has 0 spiro atoms. The van der Waals surface area contributed by atoms with Gasteiger partial charge in [0.2, 0.25) is 0 Å². The van der Waals surface area contributed by atoms with E-state index in [0.717, 1.165) is 0 Å². The highest BCUT2D eigenvalue weighted by Crippen LogP contribution is 2.32. The van der Waals surface area contributed by atoms with Crippen molar-refractivity contribution in [1.82, 2.24) is 4.90 Å². The Hall–Kier alpha value is -4.10. The number of carbonyl (C=O) groups is 3. The molecular weight excluding hydrogens is 452 g/mol. The molecule has 182 valence electrons. The predicted molar refractivity (Wildman–Crippen MR) is 126 cm³/mol. The van der Waals surface area contributed by atoms with E-state index in [2.05, 4.69) is 10.6 Å². The summed E-state index contributed by atoms with van der Waals surface area (Å²) in [4.78, 5) is 39.0. The van der Waals surface area contributed by atoms with Gasteiger partial charge in [-0.2, -0.15) is 5.26 Å². The van der Waals surface area contributed by atoms with Gasteiger partial charge in [-0.1, -0.05) is 0 Å². The van der Waals surface area contributed by atoms with E-state index >= 15 is 0 Å². The van der Waals surface area contributed by atoms with Crippen molar-refractivity contribution in [2.75, 3.05) is 31.4 Å². The zero-order chi connectivity index (χ0) is 24.9. The SMILES string of the molecule is COC(=O)C[C@@H]1CC[C@H]2[C@H](COc3ccc(NC(=O)Nc4ccc(C#N)cc4)cc3C(=O)N2C)O1. The Morgan fingerprint density at radius 3 is 2.57 bits per heavy atom. The van der Waals surface area contributed by atoms with Crippen molar-refractivity contribution in [2.24, 2.45) is 0 Å². The van der Waals surface area contributed by atoms with Crippen LogP contribution in [0.3, 0.4) is 0 Å². The molecule has 10 nitrogen and oxygen atoms in total. The molecule has 0 saturated carbocycles. The highest BCUT2D eigenvalue weighted by molar-refractivity contribution is 6.02. The van der Waals surface area contributed by atoms with E-state index in [1.165, 1.54) is 7.11 Å². The van der Waals surface area contributed by atoms with Gasteiger partial charge in [0, 0.05) is 18.4 Å². The number of fused-ring (bicyclic) bond motifs is 2. The summed E-state index contributed by atoms with van der Waals surface area (Å²) in [7, 11) is 3.06. The molecule has 0 radical (unpaired) electrons. The Balaban J connectivity index is 1.45. The molecule has 2 N–H and O–H groups in total. The van der Waals surface area contributed by atoms with Gasteiger partial charge in [0.15, 0.2) is 0 Å². The van der Waals surface area contributed by atoms with Crippen LogP contribution >= 0.6 is 0 Å². The number of likely N-dealkylation sites (N-methyl/N-ethyl adjacent to an activating group) is 1. The first-order valence-corrected chi connectivity index (χ1v) is 11.2.